The Kier molecular flexibility index (Phi) is 5.43. The van der Waals surface area contributed by atoms with Gasteiger partial charge in [-0.3, -0.25) is 4.79 Å². The molecule has 0 aliphatic heterocycles. The van der Waals surface area contributed by atoms with Crippen LogP contribution < -0.4 is 5.73 Å². The summed E-state index contributed by atoms with van der Waals surface area (Å²) in [5.74, 6) is 1.01. The van der Waals surface area contributed by atoms with Gasteiger partial charge in [0.25, 0.3) is 0 Å². The molecule has 0 radical (unpaired) electrons. The zero-order valence-electron chi connectivity index (χ0n) is 6.29. The predicted octanol–water partition coefficient (Wildman–Crippen LogP) is 0.240. The minimum Gasteiger partial charge on any atom is -0.468 e. The first kappa shape index (κ1) is 9.78. The van der Waals surface area contributed by atoms with Gasteiger partial charge in [0.1, 0.15) is 0 Å². The van der Waals surface area contributed by atoms with Crippen molar-refractivity contribution in [2.45, 2.75) is 13.0 Å². The van der Waals surface area contributed by atoms with Crippen LogP contribution in [0.3, 0.4) is 0 Å². The summed E-state index contributed by atoms with van der Waals surface area (Å²) in [5.41, 5.74) is 5.45. The maximum absolute atomic E-state index is 10.5. The van der Waals surface area contributed by atoms with Crippen LogP contribution in [0.5, 0.6) is 0 Å². The summed E-state index contributed by atoms with van der Waals surface area (Å²) in [6, 6.07) is 0.148. The van der Waals surface area contributed by atoms with E-state index in [1.54, 1.807) is 0 Å². The Hall–Kier alpha value is -0.220. The standard InChI is InChI=1S/C6H13NO2S/c1-5(7)3-10-4-6(8)9-2/h5H,3-4,7H2,1-2H3/t5-/m0/s1. The third-order valence-electron chi connectivity index (χ3n) is 0.828. The van der Waals surface area contributed by atoms with Crippen molar-refractivity contribution in [1.29, 1.82) is 0 Å². The number of hydrogen-bond acceptors (Lipinski definition) is 4. The van der Waals surface area contributed by atoms with Crippen LogP contribution in [-0.4, -0.2) is 30.6 Å². The van der Waals surface area contributed by atoms with Gasteiger partial charge in [0.05, 0.1) is 12.9 Å². The zero-order chi connectivity index (χ0) is 7.98. The molecule has 0 heterocycles. The fourth-order valence-electron chi connectivity index (χ4n) is 0.387. The van der Waals surface area contributed by atoms with Crippen molar-refractivity contribution in [2.75, 3.05) is 18.6 Å². The van der Waals surface area contributed by atoms with Crippen molar-refractivity contribution in [3.8, 4) is 0 Å². The molecule has 0 unspecified atom stereocenters. The lowest BCUT2D eigenvalue weighted by molar-refractivity contribution is -0.137. The van der Waals surface area contributed by atoms with E-state index in [0.29, 0.717) is 5.75 Å². The number of hydrogen-bond donors (Lipinski definition) is 1. The van der Waals surface area contributed by atoms with E-state index in [2.05, 4.69) is 4.74 Å². The quantitative estimate of drug-likeness (QED) is 0.603. The second-order valence-electron chi connectivity index (χ2n) is 2.07. The number of ether oxygens (including phenoxy) is 1. The average molecular weight is 163 g/mol. The number of rotatable bonds is 4. The minimum absolute atomic E-state index is 0.148. The largest absolute Gasteiger partial charge is 0.468 e. The third-order valence-corrected chi connectivity index (χ3v) is 2.03. The molecule has 0 aromatic carbocycles. The summed E-state index contributed by atoms with van der Waals surface area (Å²) in [7, 11) is 1.38. The van der Waals surface area contributed by atoms with E-state index in [9.17, 15) is 4.79 Å². The lowest BCUT2D eigenvalue weighted by atomic mass is 10.4. The van der Waals surface area contributed by atoms with E-state index in [0.717, 1.165) is 5.75 Å². The molecule has 4 heteroatoms. The van der Waals surface area contributed by atoms with Gasteiger partial charge in [0, 0.05) is 11.8 Å². The first-order valence-electron chi connectivity index (χ1n) is 3.07. The number of carbonyl (C=O) groups is 1. The average Bonchev–Trinajstić information content (AvgIpc) is 1.87. The summed E-state index contributed by atoms with van der Waals surface area (Å²) >= 11 is 1.49. The SMILES string of the molecule is COC(=O)CSC[C@H](C)N. The molecule has 1 atom stereocenters. The molecule has 0 spiro atoms. The fraction of sp³-hybridized carbons (Fsp3) is 0.833. The number of carbonyl (C=O) groups excluding carboxylic acids is 1. The normalized spacial score (nSPS) is 12.7. The highest BCUT2D eigenvalue weighted by Gasteiger charge is 2.00. The first-order chi connectivity index (χ1) is 4.66. The van der Waals surface area contributed by atoms with E-state index < -0.39 is 0 Å². The van der Waals surface area contributed by atoms with E-state index in [1.165, 1.54) is 18.9 Å². The molecule has 0 saturated heterocycles. The summed E-state index contributed by atoms with van der Waals surface area (Å²) in [6.45, 7) is 1.91. The van der Waals surface area contributed by atoms with Crippen LogP contribution in [0.25, 0.3) is 0 Å². The second kappa shape index (κ2) is 5.56. The molecule has 0 fully saturated rings. The van der Waals surface area contributed by atoms with Crippen LogP contribution in [0.1, 0.15) is 6.92 Å². The summed E-state index contributed by atoms with van der Waals surface area (Å²) < 4.78 is 4.43. The number of esters is 1. The maximum Gasteiger partial charge on any atom is 0.315 e. The van der Waals surface area contributed by atoms with Crippen molar-refractivity contribution in [1.82, 2.24) is 0 Å². The highest BCUT2D eigenvalue weighted by molar-refractivity contribution is 7.99. The predicted molar refractivity (Wildman–Crippen MR) is 43.0 cm³/mol. The lowest BCUT2D eigenvalue weighted by Gasteiger charge is -2.02. The monoisotopic (exact) mass is 163 g/mol. The van der Waals surface area contributed by atoms with Crippen LogP contribution in [0.4, 0.5) is 0 Å². The Morgan fingerprint density at radius 1 is 1.80 bits per heavy atom. The highest BCUT2D eigenvalue weighted by Crippen LogP contribution is 2.00. The highest BCUT2D eigenvalue weighted by atomic mass is 32.2. The van der Waals surface area contributed by atoms with E-state index >= 15 is 0 Å². The van der Waals surface area contributed by atoms with Crippen molar-refractivity contribution in [3.63, 3.8) is 0 Å². The number of methoxy groups -OCH3 is 1. The molecule has 2 N–H and O–H groups in total. The van der Waals surface area contributed by atoms with Gasteiger partial charge >= 0.3 is 5.97 Å². The molecule has 0 rings (SSSR count). The molecule has 60 valence electrons. The zero-order valence-corrected chi connectivity index (χ0v) is 7.11. The van der Waals surface area contributed by atoms with Crippen molar-refractivity contribution < 1.29 is 9.53 Å². The molecule has 0 aromatic heterocycles. The molecule has 0 aromatic rings. The summed E-state index contributed by atoms with van der Waals surface area (Å²) in [4.78, 5) is 10.5. The Bertz CT molecular complexity index is 106. The van der Waals surface area contributed by atoms with Crippen LogP contribution in [0, 0.1) is 0 Å². The Morgan fingerprint density at radius 2 is 2.40 bits per heavy atom. The minimum atomic E-state index is -0.189. The smallest absolute Gasteiger partial charge is 0.315 e. The molecule has 0 saturated carbocycles. The van der Waals surface area contributed by atoms with E-state index in [-0.39, 0.29) is 12.0 Å². The van der Waals surface area contributed by atoms with Gasteiger partial charge in [-0.1, -0.05) is 0 Å². The molecule has 0 amide bonds. The van der Waals surface area contributed by atoms with Crippen molar-refractivity contribution in [2.24, 2.45) is 5.73 Å². The molecular weight excluding hydrogens is 150 g/mol. The molecule has 10 heavy (non-hydrogen) atoms. The van der Waals surface area contributed by atoms with Crippen molar-refractivity contribution >= 4 is 17.7 Å². The summed E-state index contributed by atoms with van der Waals surface area (Å²) in [6.07, 6.45) is 0. The van der Waals surface area contributed by atoms with E-state index in [1.807, 2.05) is 6.92 Å². The van der Waals surface area contributed by atoms with Crippen LogP contribution in [0.15, 0.2) is 0 Å². The topological polar surface area (TPSA) is 52.3 Å². The molecule has 3 nitrogen and oxygen atoms in total. The van der Waals surface area contributed by atoms with Gasteiger partial charge < -0.3 is 10.5 Å². The Morgan fingerprint density at radius 3 is 2.80 bits per heavy atom. The van der Waals surface area contributed by atoms with E-state index in [4.69, 9.17) is 5.73 Å². The Labute approximate surface area is 65.3 Å². The fourth-order valence-corrected chi connectivity index (χ4v) is 1.16. The first-order valence-corrected chi connectivity index (χ1v) is 4.22. The summed E-state index contributed by atoms with van der Waals surface area (Å²) in [5, 5.41) is 0. The van der Waals surface area contributed by atoms with Gasteiger partial charge in [0.2, 0.25) is 0 Å². The molecule has 0 bridgehead atoms. The second-order valence-corrected chi connectivity index (χ2v) is 3.10. The van der Waals surface area contributed by atoms with Gasteiger partial charge in [-0.25, -0.2) is 0 Å². The van der Waals surface area contributed by atoms with Gasteiger partial charge in [-0.05, 0) is 6.92 Å². The molecular formula is C6H13NO2S. The van der Waals surface area contributed by atoms with Crippen LogP contribution in [0.2, 0.25) is 0 Å². The maximum atomic E-state index is 10.5. The van der Waals surface area contributed by atoms with Crippen molar-refractivity contribution in [3.05, 3.63) is 0 Å². The van der Waals surface area contributed by atoms with Crippen LogP contribution >= 0.6 is 11.8 Å². The lowest BCUT2D eigenvalue weighted by Crippen LogP contribution is -2.18. The van der Waals surface area contributed by atoms with Crippen LogP contribution in [-0.2, 0) is 9.53 Å². The Balaban J connectivity index is 3.12. The number of thioether (sulfide) groups is 1. The van der Waals surface area contributed by atoms with Gasteiger partial charge in [0.15, 0.2) is 0 Å². The third kappa shape index (κ3) is 5.91. The van der Waals surface area contributed by atoms with Gasteiger partial charge in [-0.15, -0.1) is 11.8 Å². The molecule has 0 aliphatic carbocycles. The number of nitrogens with two attached hydrogens (primary N) is 1. The van der Waals surface area contributed by atoms with Gasteiger partial charge in [-0.2, -0.15) is 0 Å². The molecule has 0 aliphatic rings.